The molecular formula is C15H21ClN4. The average Bonchev–Trinajstić information content (AvgIpc) is 2.67. The molecule has 0 atom stereocenters. The number of hydrogen-bond acceptors (Lipinski definition) is 3. The molecule has 5 heteroatoms. The molecule has 2 rings (SSSR count). The lowest BCUT2D eigenvalue weighted by molar-refractivity contribution is 0.723. The SMILES string of the molecule is CNCc1c(C)nn(C)c1N(C)Cc1ccccc1Cl. The molecule has 1 aromatic heterocycles. The van der Waals surface area contributed by atoms with Crippen molar-refractivity contribution in [3.63, 3.8) is 0 Å². The third-order valence-corrected chi connectivity index (χ3v) is 3.76. The normalized spacial score (nSPS) is 10.8. The number of nitrogens with one attached hydrogen (secondary N) is 1. The number of halogens is 1. The van der Waals surface area contributed by atoms with Crippen LogP contribution < -0.4 is 10.2 Å². The predicted molar refractivity (Wildman–Crippen MR) is 84.3 cm³/mol. The molecule has 0 aliphatic heterocycles. The van der Waals surface area contributed by atoms with Crippen LogP contribution in [-0.2, 0) is 20.1 Å². The Bertz CT molecular complexity index is 592. The smallest absolute Gasteiger partial charge is 0.131 e. The second-order valence-corrected chi connectivity index (χ2v) is 5.40. The van der Waals surface area contributed by atoms with Gasteiger partial charge in [-0.2, -0.15) is 5.10 Å². The van der Waals surface area contributed by atoms with Gasteiger partial charge in [0.15, 0.2) is 0 Å². The first-order valence-electron chi connectivity index (χ1n) is 6.66. The minimum atomic E-state index is 0.759. The van der Waals surface area contributed by atoms with E-state index < -0.39 is 0 Å². The van der Waals surface area contributed by atoms with Crippen molar-refractivity contribution in [2.45, 2.75) is 20.0 Å². The summed E-state index contributed by atoms with van der Waals surface area (Å²) < 4.78 is 1.93. The average molecular weight is 293 g/mol. The molecule has 108 valence electrons. The fourth-order valence-corrected chi connectivity index (χ4v) is 2.70. The van der Waals surface area contributed by atoms with Gasteiger partial charge in [-0.15, -0.1) is 0 Å². The molecule has 0 fully saturated rings. The van der Waals surface area contributed by atoms with Crippen molar-refractivity contribution >= 4 is 17.4 Å². The highest BCUT2D eigenvalue weighted by molar-refractivity contribution is 6.31. The first-order valence-corrected chi connectivity index (χ1v) is 7.04. The lowest BCUT2D eigenvalue weighted by Crippen LogP contribution is -2.22. The van der Waals surface area contributed by atoms with E-state index in [-0.39, 0.29) is 0 Å². The summed E-state index contributed by atoms with van der Waals surface area (Å²) >= 11 is 6.24. The first-order chi connectivity index (χ1) is 9.54. The Balaban J connectivity index is 2.29. The molecule has 0 spiro atoms. The van der Waals surface area contributed by atoms with Crippen LogP contribution in [0.25, 0.3) is 0 Å². The van der Waals surface area contributed by atoms with E-state index in [0.717, 1.165) is 35.2 Å². The van der Waals surface area contributed by atoms with Gasteiger partial charge >= 0.3 is 0 Å². The largest absolute Gasteiger partial charge is 0.355 e. The number of aromatic nitrogens is 2. The molecular weight excluding hydrogens is 272 g/mol. The minimum Gasteiger partial charge on any atom is -0.355 e. The Morgan fingerprint density at radius 3 is 2.70 bits per heavy atom. The van der Waals surface area contributed by atoms with Crippen molar-refractivity contribution in [1.82, 2.24) is 15.1 Å². The summed E-state index contributed by atoms with van der Waals surface area (Å²) in [4.78, 5) is 2.19. The van der Waals surface area contributed by atoms with E-state index in [9.17, 15) is 0 Å². The summed E-state index contributed by atoms with van der Waals surface area (Å²) in [5.41, 5.74) is 3.40. The molecule has 1 aromatic carbocycles. The lowest BCUT2D eigenvalue weighted by Gasteiger charge is -2.21. The highest BCUT2D eigenvalue weighted by atomic mass is 35.5. The zero-order chi connectivity index (χ0) is 14.7. The van der Waals surface area contributed by atoms with Crippen LogP contribution in [0.3, 0.4) is 0 Å². The Morgan fingerprint density at radius 1 is 1.35 bits per heavy atom. The minimum absolute atomic E-state index is 0.759. The van der Waals surface area contributed by atoms with Crippen molar-refractivity contribution in [2.75, 3.05) is 19.0 Å². The second-order valence-electron chi connectivity index (χ2n) is 4.99. The molecule has 0 saturated carbocycles. The van der Waals surface area contributed by atoms with Gasteiger partial charge < -0.3 is 10.2 Å². The Morgan fingerprint density at radius 2 is 2.05 bits per heavy atom. The fraction of sp³-hybridized carbons (Fsp3) is 0.400. The van der Waals surface area contributed by atoms with Crippen LogP contribution in [0.5, 0.6) is 0 Å². The molecule has 0 saturated heterocycles. The zero-order valence-electron chi connectivity index (χ0n) is 12.4. The Kier molecular flexibility index (Phi) is 4.68. The van der Waals surface area contributed by atoms with E-state index >= 15 is 0 Å². The van der Waals surface area contributed by atoms with Gasteiger partial charge in [0.25, 0.3) is 0 Å². The highest BCUT2D eigenvalue weighted by Gasteiger charge is 2.17. The van der Waals surface area contributed by atoms with Gasteiger partial charge in [-0.1, -0.05) is 29.8 Å². The summed E-state index contributed by atoms with van der Waals surface area (Å²) in [7, 11) is 5.99. The molecule has 1 N–H and O–H groups in total. The van der Waals surface area contributed by atoms with Crippen LogP contribution in [-0.4, -0.2) is 23.9 Å². The number of anilines is 1. The maximum Gasteiger partial charge on any atom is 0.131 e. The van der Waals surface area contributed by atoms with Gasteiger partial charge in [0.1, 0.15) is 5.82 Å². The Hall–Kier alpha value is -1.52. The molecule has 4 nitrogen and oxygen atoms in total. The molecule has 0 radical (unpaired) electrons. The quantitative estimate of drug-likeness (QED) is 0.920. The third kappa shape index (κ3) is 2.97. The van der Waals surface area contributed by atoms with Gasteiger partial charge in [-0.25, -0.2) is 0 Å². The van der Waals surface area contributed by atoms with Crippen molar-refractivity contribution in [3.05, 3.63) is 46.1 Å². The van der Waals surface area contributed by atoms with Gasteiger partial charge in [0.2, 0.25) is 0 Å². The van der Waals surface area contributed by atoms with Gasteiger partial charge in [0.05, 0.1) is 5.69 Å². The van der Waals surface area contributed by atoms with Crippen molar-refractivity contribution < 1.29 is 0 Å². The van der Waals surface area contributed by atoms with E-state index in [4.69, 9.17) is 11.6 Å². The van der Waals surface area contributed by atoms with Crippen LogP contribution in [0.2, 0.25) is 5.02 Å². The topological polar surface area (TPSA) is 33.1 Å². The molecule has 0 amide bonds. The van der Waals surface area contributed by atoms with Gasteiger partial charge in [-0.05, 0) is 25.6 Å². The van der Waals surface area contributed by atoms with Crippen LogP contribution in [0.15, 0.2) is 24.3 Å². The first kappa shape index (κ1) is 14.9. The van der Waals surface area contributed by atoms with E-state index in [1.807, 2.05) is 43.9 Å². The molecule has 0 bridgehead atoms. The predicted octanol–water partition coefficient (Wildman–Crippen LogP) is 2.74. The van der Waals surface area contributed by atoms with Crippen LogP contribution in [0, 0.1) is 6.92 Å². The summed E-state index contributed by atoms with van der Waals surface area (Å²) in [6, 6.07) is 7.94. The number of rotatable bonds is 5. The van der Waals surface area contributed by atoms with Crippen LogP contribution in [0.1, 0.15) is 16.8 Å². The second kappa shape index (κ2) is 6.29. The lowest BCUT2D eigenvalue weighted by atomic mass is 10.2. The maximum atomic E-state index is 6.24. The van der Waals surface area contributed by atoms with E-state index in [2.05, 4.69) is 28.4 Å². The number of aryl methyl sites for hydroxylation is 2. The summed E-state index contributed by atoms with van der Waals surface area (Å²) in [5, 5.41) is 8.52. The third-order valence-electron chi connectivity index (χ3n) is 3.39. The van der Waals surface area contributed by atoms with Gasteiger partial charge in [0, 0.05) is 37.8 Å². The van der Waals surface area contributed by atoms with Crippen molar-refractivity contribution in [2.24, 2.45) is 7.05 Å². The summed E-state index contributed by atoms with van der Waals surface area (Å²) in [6.45, 7) is 3.61. The number of benzene rings is 1. The Labute approximate surface area is 125 Å². The van der Waals surface area contributed by atoms with E-state index in [0.29, 0.717) is 0 Å². The molecule has 0 unspecified atom stereocenters. The van der Waals surface area contributed by atoms with Gasteiger partial charge in [-0.3, -0.25) is 4.68 Å². The number of hydrogen-bond donors (Lipinski definition) is 1. The van der Waals surface area contributed by atoms with E-state index in [1.165, 1.54) is 5.56 Å². The fourth-order valence-electron chi connectivity index (χ4n) is 2.51. The van der Waals surface area contributed by atoms with Crippen molar-refractivity contribution in [1.29, 1.82) is 0 Å². The van der Waals surface area contributed by atoms with Crippen LogP contribution >= 0.6 is 11.6 Å². The molecule has 0 aliphatic carbocycles. The van der Waals surface area contributed by atoms with Crippen LogP contribution in [0.4, 0.5) is 5.82 Å². The summed E-state index contributed by atoms with van der Waals surface area (Å²) in [6.07, 6.45) is 0. The molecule has 2 aromatic rings. The number of nitrogens with zero attached hydrogens (tertiary/aromatic N) is 3. The zero-order valence-corrected chi connectivity index (χ0v) is 13.2. The highest BCUT2D eigenvalue weighted by Crippen LogP contribution is 2.25. The molecule has 0 aliphatic rings. The van der Waals surface area contributed by atoms with Crippen molar-refractivity contribution in [3.8, 4) is 0 Å². The van der Waals surface area contributed by atoms with E-state index in [1.54, 1.807) is 0 Å². The molecule has 1 heterocycles. The standard InChI is InChI=1S/C15H21ClN4/c1-11-13(9-17-2)15(20(4)18-11)19(3)10-12-7-5-6-8-14(12)16/h5-8,17H,9-10H2,1-4H3. The summed E-state index contributed by atoms with van der Waals surface area (Å²) in [5.74, 6) is 1.12. The monoisotopic (exact) mass is 292 g/mol. The molecule has 20 heavy (non-hydrogen) atoms. The maximum absolute atomic E-state index is 6.24.